The molecule has 1 aliphatic carbocycles. The van der Waals surface area contributed by atoms with Gasteiger partial charge in [-0.05, 0) is 50.3 Å². The van der Waals surface area contributed by atoms with Gasteiger partial charge in [-0.25, -0.2) is 4.98 Å². The van der Waals surface area contributed by atoms with Gasteiger partial charge < -0.3 is 14.6 Å². The highest BCUT2D eigenvalue weighted by Gasteiger charge is 2.26. The summed E-state index contributed by atoms with van der Waals surface area (Å²) >= 11 is 0. The first-order valence-electron chi connectivity index (χ1n) is 9.58. The summed E-state index contributed by atoms with van der Waals surface area (Å²) in [6, 6.07) is 4.14. The molecule has 1 N–H and O–H groups in total. The molecule has 1 unspecified atom stereocenters. The van der Waals surface area contributed by atoms with Crippen LogP contribution in [0.2, 0.25) is 0 Å². The zero-order valence-corrected chi connectivity index (χ0v) is 15.9. The third-order valence-electron chi connectivity index (χ3n) is 5.75. The second kappa shape index (κ2) is 6.88. The number of aromatic nitrogens is 2. The molecule has 1 fully saturated rings. The molecule has 1 aromatic carbocycles. The fourth-order valence-corrected chi connectivity index (χ4v) is 4.20. The third kappa shape index (κ3) is 3.05. The summed E-state index contributed by atoms with van der Waals surface area (Å²) in [6.45, 7) is 5.85. The van der Waals surface area contributed by atoms with E-state index in [0.717, 1.165) is 78.2 Å². The number of benzene rings is 1. The maximum Gasteiger partial charge on any atom is 0.254 e. The van der Waals surface area contributed by atoms with Crippen molar-refractivity contribution in [3.8, 4) is 11.4 Å². The summed E-state index contributed by atoms with van der Waals surface area (Å²) in [6.07, 6.45) is 5.40. The summed E-state index contributed by atoms with van der Waals surface area (Å²) in [7, 11) is 1.75. The number of ether oxygens (including phenoxy) is 1. The number of hydrogen-bond acceptors (Lipinski definition) is 3. The average Bonchev–Trinajstić information content (AvgIpc) is 3.20. The molecule has 138 valence electrons. The number of fused-ring (bicyclic) bond motifs is 1. The van der Waals surface area contributed by atoms with Crippen LogP contribution in [0.5, 0.6) is 0 Å². The van der Waals surface area contributed by atoms with Crippen LogP contribution in [0.4, 0.5) is 0 Å². The Morgan fingerprint density at radius 1 is 1.15 bits per heavy atom. The highest BCUT2D eigenvalue weighted by molar-refractivity contribution is 5.97. The third-order valence-corrected chi connectivity index (χ3v) is 5.75. The first-order chi connectivity index (χ1) is 12.6. The van der Waals surface area contributed by atoms with Crippen LogP contribution in [-0.2, 0) is 17.6 Å². The van der Waals surface area contributed by atoms with Gasteiger partial charge in [-0.2, -0.15) is 0 Å². The molecular weight excluding hydrogens is 326 g/mol. The number of imidazole rings is 1. The zero-order valence-electron chi connectivity index (χ0n) is 15.9. The Balaban J connectivity index is 1.66. The smallest absolute Gasteiger partial charge is 0.254 e. The lowest BCUT2D eigenvalue weighted by molar-refractivity contribution is 0.0723. The van der Waals surface area contributed by atoms with Crippen molar-refractivity contribution < 1.29 is 9.53 Å². The van der Waals surface area contributed by atoms with E-state index in [1.165, 1.54) is 6.42 Å². The van der Waals surface area contributed by atoms with Crippen molar-refractivity contribution in [3.05, 3.63) is 40.2 Å². The Bertz CT molecular complexity index is 811. The molecule has 4 rings (SSSR count). The van der Waals surface area contributed by atoms with Crippen LogP contribution in [0.1, 0.15) is 52.1 Å². The van der Waals surface area contributed by atoms with Gasteiger partial charge >= 0.3 is 0 Å². The lowest BCUT2D eigenvalue weighted by Gasteiger charge is -2.27. The van der Waals surface area contributed by atoms with Crippen molar-refractivity contribution in [1.82, 2.24) is 14.9 Å². The van der Waals surface area contributed by atoms with Gasteiger partial charge in [-0.15, -0.1) is 0 Å². The van der Waals surface area contributed by atoms with Crippen LogP contribution >= 0.6 is 0 Å². The summed E-state index contributed by atoms with van der Waals surface area (Å²) < 4.78 is 5.44. The number of rotatable bonds is 3. The standard InChI is InChI=1S/C21H27N3O2/c1-13-9-14(2)17(21(25)24-7-5-4-6-8-24)12-16(13)20-22-18-10-15(26-3)11-19(18)23-20/h9,12,15H,4-8,10-11H2,1-3H3,(H,22,23). The number of aryl methyl sites for hydroxylation is 2. The molecule has 0 spiro atoms. The van der Waals surface area contributed by atoms with Crippen LogP contribution in [0.15, 0.2) is 12.1 Å². The van der Waals surface area contributed by atoms with E-state index in [-0.39, 0.29) is 12.0 Å². The fourth-order valence-electron chi connectivity index (χ4n) is 4.20. The number of hydrogen-bond donors (Lipinski definition) is 1. The van der Waals surface area contributed by atoms with E-state index in [1.807, 2.05) is 17.9 Å². The largest absolute Gasteiger partial charge is 0.381 e. The molecule has 5 heteroatoms. The van der Waals surface area contributed by atoms with Gasteiger partial charge in [0.1, 0.15) is 5.82 Å². The number of carbonyl (C=O) groups is 1. The van der Waals surface area contributed by atoms with Gasteiger partial charge in [-0.1, -0.05) is 6.07 Å². The second-order valence-electron chi connectivity index (χ2n) is 7.61. The molecule has 1 aliphatic heterocycles. The topological polar surface area (TPSA) is 58.2 Å². The van der Waals surface area contributed by atoms with E-state index in [4.69, 9.17) is 9.72 Å². The Kier molecular flexibility index (Phi) is 4.57. The Hall–Kier alpha value is -2.14. The minimum atomic E-state index is 0.155. The van der Waals surface area contributed by atoms with E-state index in [1.54, 1.807) is 7.11 Å². The maximum atomic E-state index is 13.0. The Labute approximate surface area is 154 Å². The van der Waals surface area contributed by atoms with Gasteiger partial charge in [0.15, 0.2) is 0 Å². The lowest BCUT2D eigenvalue weighted by Crippen LogP contribution is -2.36. The highest BCUT2D eigenvalue weighted by atomic mass is 16.5. The van der Waals surface area contributed by atoms with Crippen LogP contribution in [-0.4, -0.2) is 47.1 Å². The molecule has 26 heavy (non-hydrogen) atoms. The Morgan fingerprint density at radius 3 is 2.62 bits per heavy atom. The van der Waals surface area contributed by atoms with E-state index in [0.29, 0.717) is 0 Å². The van der Waals surface area contributed by atoms with Crippen molar-refractivity contribution >= 4 is 5.91 Å². The Morgan fingerprint density at radius 2 is 1.92 bits per heavy atom. The van der Waals surface area contributed by atoms with Gasteiger partial charge in [0.2, 0.25) is 0 Å². The van der Waals surface area contributed by atoms with Crippen molar-refractivity contribution in [1.29, 1.82) is 0 Å². The number of likely N-dealkylation sites (tertiary alicyclic amines) is 1. The molecule has 2 aromatic rings. The number of H-pyrrole nitrogens is 1. The van der Waals surface area contributed by atoms with Crippen molar-refractivity contribution in [2.75, 3.05) is 20.2 Å². The predicted octanol–water partition coefficient (Wildman–Crippen LogP) is 3.43. The normalized spacial score (nSPS) is 17.6. The minimum absolute atomic E-state index is 0.155. The van der Waals surface area contributed by atoms with E-state index in [2.05, 4.69) is 18.0 Å². The average molecular weight is 353 g/mol. The first kappa shape index (κ1) is 17.3. The van der Waals surface area contributed by atoms with Crippen LogP contribution in [0, 0.1) is 13.8 Å². The van der Waals surface area contributed by atoms with Gasteiger partial charge in [-0.3, -0.25) is 4.79 Å². The van der Waals surface area contributed by atoms with Crippen LogP contribution < -0.4 is 0 Å². The van der Waals surface area contributed by atoms with Crippen molar-refractivity contribution in [3.63, 3.8) is 0 Å². The fraction of sp³-hybridized carbons (Fsp3) is 0.524. The van der Waals surface area contributed by atoms with Crippen LogP contribution in [0.25, 0.3) is 11.4 Å². The van der Waals surface area contributed by atoms with E-state index in [9.17, 15) is 4.79 Å². The van der Waals surface area contributed by atoms with E-state index < -0.39 is 0 Å². The SMILES string of the molecule is COC1Cc2nc(-c3cc(C(=O)N4CCCCC4)c(C)cc3C)[nH]c2C1. The number of piperidine rings is 1. The van der Waals surface area contributed by atoms with Gasteiger partial charge in [0.25, 0.3) is 5.91 Å². The van der Waals surface area contributed by atoms with Crippen LogP contribution in [0.3, 0.4) is 0 Å². The molecule has 2 aliphatic rings. The summed E-state index contributed by atoms with van der Waals surface area (Å²) in [4.78, 5) is 23.3. The van der Waals surface area contributed by atoms with Crippen molar-refractivity contribution in [2.24, 2.45) is 0 Å². The van der Waals surface area contributed by atoms with Crippen molar-refractivity contribution in [2.45, 2.75) is 52.1 Å². The summed E-state index contributed by atoms with van der Waals surface area (Å²) in [5.41, 5.74) is 6.28. The number of nitrogens with zero attached hydrogens (tertiary/aromatic N) is 2. The molecule has 0 bridgehead atoms. The molecule has 1 aromatic heterocycles. The lowest BCUT2D eigenvalue weighted by atomic mass is 9.98. The monoisotopic (exact) mass is 353 g/mol. The molecule has 0 saturated carbocycles. The summed E-state index contributed by atoms with van der Waals surface area (Å²) in [5, 5.41) is 0. The molecule has 2 heterocycles. The predicted molar refractivity (Wildman–Crippen MR) is 101 cm³/mol. The first-order valence-corrected chi connectivity index (χ1v) is 9.58. The molecule has 1 atom stereocenters. The molecule has 0 radical (unpaired) electrons. The quantitative estimate of drug-likeness (QED) is 0.920. The molecule has 1 amide bonds. The highest BCUT2D eigenvalue weighted by Crippen LogP contribution is 2.30. The molecule has 1 saturated heterocycles. The second-order valence-corrected chi connectivity index (χ2v) is 7.61. The minimum Gasteiger partial charge on any atom is -0.381 e. The number of aromatic amines is 1. The van der Waals surface area contributed by atoms with E-state index >= 15 is 0 Å². The molecule has 5 nitrogen and oxygen atoms in total. The van der Waals surface area contributed by atoms with Gasteiger partial charge in [0.05, 0.1) is 11.8 Å². The summed E-state index contributed by atoms with van der Waals surface area (Å²) in [5.74, 6) is 1.02. The number of carbonyl (C=O) groups excluding carboxylic acids is 1. The maximum absolute atomic E-state index is 13.0. The molecular formula is C21H27N3O2. The number of amides is 1. The number of methoxy groups -OCH3 is 1. The number of nitrogens with one attached hydrogen (secondary N) is 1. The zero-order chi connectivity index (χ0) is 18.3. The van der Waals surface area contributed by atoms with Gasteiger partial charge in [0, 0.05) is 49.9 Å².